The lowest BCUT2D eigenvalue weighted by Gasteiger charge is -2.32. The number of aromatic nitrogens is 1. The van der Waals surface area contributed by atoms with Crippen LogP contribution in [-0.2, 0) is 16.0 Å². The van der Waals surface area contributed by atoms with Crippen molar-refractivity contribution in [3.8, 4) is 0 Å². The number of hydrogen-bond acceptors (Lipinski definition) is 4. The molecule has 3 aromatic rings. The minimum absolute atomic E-state index is 0.0297. The van der Waals surface area contributed by atoms with Crippen LogP contribution in [0.4, 0.5) is 5.82 Å². The summed E-state index contributed by atoms with van der Waals surface area (Å²) in [4.78, 5) is 31.8. The second-order valence-electron chi connectivity index (χ2n) is 8.15. The smallest absolute Gasteiger partial charge is 0.230 e. The Bertz CT molecular complexity index is 1100. The van der Waals surface area contributed by atoms with Crippen LogP contribution < -0.4 is 5.32 Å². The molecule has 2 amide bonds. The fourth-order valence-electron chi connectivity index (χ4n) is 4.06. The standard InChI is InChI=1S/C24H27N3O3/c1-15-9-10-20-19(14-30-23(20)17(15)3)12-22(28)27-11-5-7-18(13-27)24(29)26-21-8-4-6-16(2)25-21/h4,6,8-10,14,18H,5,7,11-13H2,1-3H3,(H,25,26,29). The van der Waals surface area contributed by atoms with Crippen LogP contribution in [0, 0.1) is 26.7 Å². The van der Waals surface area contributed by atoms with Gasteiger partial charge in [0.25, 0.3) is 0 Å². The van der Waals surface area contributed by atoms with Gasteiger partial charge in [-0.05, 0) is 56.9 Å². The number of carbonyl (C=O) groups is 2. The van der Waals surface area contributed by atoms with E-state index in [-0.39, 0.29) is 24.2 Å². The topological polar surface area (TPSA) is 75.4 Å². The van der Waals surface area contributed by atoms with E-state index in [0.29, 0.717) is 18.9 Å². The zero-order valence-electron chi connectivity index (χ0n) is 17.7. The van der Waals surface area contributed by atoms with E-state index in [9.17, 15) is 9.59 Å². The molecule has 1 atom stereocenters. The Morgan fingerprint density at radius 3 is 2.83 bits per heavy atom. The summed E-state index contributed by atoms with van der Waals surface area (Å²) in [5.41, 5.74) is 4.87. The summed E-state index contributed by atoms with van der Waals surface area (Å²) < 4.78 is 5.74. The Labute approximate surface area is 176 Å². The van der Waals surface area contributed by atoms with Crippen molar-refractivity contribution in [1.82, 2.24) is 9.88 Å². The number of carbonyl (C=O) groups excluding carboxylic acids is 2. The summed E-state index contributed by atoms with van der Waals surface area (Å²) in [7, 11) is 0. The first-order valence-corrected chi connectivity index (χ1v) is 10.4. The maximum absolute atomic E-state index is 13.0. The van der Waals surface area contributed by atoms with Crippen molar-refractivity contribution in [3.05, 3.63) is 59.0 Å². The molecular formula is C24H27N3O3. The molecule has 6 heteroatoms. The number of likely N-dealkylation sites (tertiary alicyclic amines) is 1. The first kappa shape index (κ1) is 20.1. The molecule has 0 radical (unpaired) electrons. The second-order valence-corrected chi connectivity index (χ2v) is 8.15. The van der Waals surface area contributed by atoms with Crippen LogP contribution in [0.1, 0.15) is 35.2 Å². The number of amides is 2. The third-order valence-corrected chi connectivity index (χ3v) is 5.97. The molecule has 156 valence electrons. The van der Waals surface area contributed by atoms with Gasteiger partial charge in [-0.1, -0.05) is 18.2 Å². The summed E-state index contributed by atoms with van der Waals surface area (Å²) in [5, 5.41) is 3.88. The summed E-state index contributed by atoms with van der Waals surface area (Å²) in [6, 6.07) is 9.61. The molecule has 0 aliphatic carbocycles. The number of nitrogens with one attached hydrogen (secondary N) is 1. The van der Waals surface area contributed by atoms with Gasteiger partial charge in [0.1, 0.15) is 11.4 Å². The van der Waals surface area contributed by atoms with E-state index in [1.807, 2.05) is 39.0 Å². The van der Waals surface area contributed by atoms with E-state index in [1.165, 1.54) is 5.56 Å². The highest BCUT2D eigenvalue weighted by Gasteiger charge is 2.29. The molecule has 1 aliphatic rings. The number of hydrogen-bond donors (Lipinski definition) is 1. The largest absolute Gasteiger partial charge is 0.464 e. The van der Waals surface area contributed by atoms with E-state index in [0.717, 1.165) is 40.6 Å². The lowest BCUT2D eigenvalue weighted by atomic mass is 9.96. The van der Waals surface area contributed by atoms with Crippen molar-refractivity contribution in [2.75, 3.05) is 18.4 Å². The van der Waals surface area contributed by atoms with Crippen LogP contribution in [-0.4, -0.2) is 34.8 Å². The maximum Gasteiger partial charge on any atom is 0.230 e. The number of furan rings is 1. The molecule has 1 aromatic carbocycles. The molecular weight excluding hydrogens is 378 g/mol. The molecule has 1 unspecified atom stereocenters. The van der Waals surface area contributed by atoms with E-state index < -0.39 is 0 Å². The van der Waals surface area contributed by atoms with Crippen molar-refractivity contribution in [2.45, 2.75) is 40.0 Å². The molecule has 3 heterocycles. The third kappa shape index (κ3) is 4.08. The Morgan fingerprint density at radius 2 is 2.03 bits per heavy atom. The fourth-order valence-corrected chi connectivity index (χ4v) is 4.06. The van der Waals surface area contributed by atoms with E-state index in [1.54, 1.807) is 17.2 Å². The van der Waals surface area contributed by atoms with Gasteiger partial charge in [-0.15, -0.1) is 0 Å². The second kappa shape index (κ2) is 8.30. The van der Waals surface area contributed by atoms with E-state index in [4.69, 9.17) is 4.42 Å². The van der Waals surface area contributed by atoms with Gasteiger partial charge in [0.15, 0.2) is 0 Å². The molecule has 0 spiro atoms. The third-order valence-electron chi connectivity index (χ3n) is 5.97. The van der Waals surface area contributed by atoms with Gasteiger partial charge in [0.2, 0.25) is 11.8 Å². The van der Waals surface area contributed by atoms with Gasteiger partial charge in [0.05, 0.1) is 18.6 Å². The number of nitrogens with zero attached hydrogens (tertiary/aromatic N) is 2. The number of aryl methyl sites for hydroxylation is 3. The van der Waals surface area contributed by atoms with Crippen molar-refractivity contribution < 1.29 is 14.0 Å². The zero-order valence-corrected chi connectivity index (χ0v) is 17.7. The summed E-state index contributed by atoms with van der Waals surface area (Å²) in [5.74, 6) is 0.280. The van der Waals surface area contributed by atoms with Gasteiger partial charge in [0, 0.05) is 29.7 Å². The Morgan fingerprint density at radius 1 is 1.20 bits per heavy atom. The molecule has 1 fully saturated rings. The summed E-state index contributed by atoms with van der Waals surface area (Å²) >= 11 is 0. The van der Waals surface area contributed by atoms with Crippen LogP contribution >= 0.6 is 0 Å². The quantitative estimate of drug-likeness (QED) is 0.707. The monoisotopic (exact) mass is 405 g/mol. The molecule has 1 aliphatic heterocycles. The van der Waals surface area contributed by atoms with Gasteiger partial charge in [-0.3, -0.25) is 9.59 Å². The van der Waals surface area contributed by atoms with Gasteiger partial charge < -0.3 is 14.6 Å². The SMILES string of the molecule is Cc1cccc(NC(=O)C2CCCN(C(=O)Cc3coc4c(C)c(C)ccc34)C2)n1. The number of rotatable bonds is 4. The van der Waals surface area contributed by atoms with E-state index >= 15 is 0 Å². The zero-order chi connectivity index (χ0) is 21.3. The van der Waals surface area contributed by atoms with Crippen molar-refractivity contribution in [1.29, 1.82) is 0 Å². The van der Waals surface area contributed by atoms with Crippen LogP contribution in [0.3, 0.4) is 0 Å². The minimum atomic E-state index is -0.226. The highest BCUT2D eigenvalue weighted by Crippen LogP contribution is 2.27. The Hall–Kier alpha value is -3.15. The van der Waals surface area contributed by atoms with Crippen molar-refractivity contribution >= 4 is 28.6 Å². The molecule has 1 saturated heterocycles. The highest BCUT2D eigenvalue weighted by atomic mass is 16.3. The van der Waals surface area contributed by atoms with Crippen molar-refractivity contribution in [2.24, 2.45) is 5.92 Å². The lowest BCUT2D eigenvalue weighted by molar-refractivity contribution is -0.133. The van der Waals surface area contributed by atoms with Gasteiger partial charge in [-0.2, -0.15) is 0 Å². The lowest BCUT2D eigenvalue weighted by Crippen LogP contribution is -2.44. The normalized spacial score (nSPS) is 16.6. The molecule has 0 saturated carbocycles. The van der Waals surface area contributed by atoms with Crippen LogP contribution in [0.25, 0.3) is 11.0 Å². The van der Waals surface area contributed by atoms with Crippen molar-refractivity contribution in [3.63, 3.8) is 0 Å². The maximum atomic E-state index is 13.0. The predicted octanol–water partition coefficient (Wildman–Crippen LogP) is 4.17. The van der Waals surface area contributed by atoms with Gasteiger partial charge >= 0.3 is 0 Å². The van der Waals surface area contributed by atoms with Crippen LogP contribution in [0.2, 0.25) is 0 Å². The Kier molecular flexibility index (Phi) is 5.57. The van der Waals surface area contributed by atoms with E-state index in [2.05, 4.69) is 16.4 Å². The van der Waals surface area contributed by atoms with Gasteiger partial charge in [-0.25, -0.2) is 4.98 Å². The molecule has 1 N–H and O–H groups in total. The number of piperidine rings is 1. The first-order chi connectivity index (χ1) is 14.4. The molecule has 30 heavy (non-hydrogen) atoms. The first-order valence-electron chi connectivity index (χ1n) is 10.4. The summed E-state index contributed by atoms with van der Waals surface area (Å²) in [6.45, 7) is 7.08. The number of fused-ring (bicyclic) bond motifs is 1. The molecule has 0 bridgehead atoms. The summed E-state index contributed by atoms with van der Waals surface area (Å²) in [6.07, 6.45) is 3.56. The molecule has 6 nitrogen and oxygen atoms in total. The number of anilines is 1. The Balaban J connectivity index is 1.42. The number of pyridine rings is 1. The highest BCUT2D eigenvalue weighted by molar-refractivity contribution is 5.93. The van der Waals surface area contributed by atoms with Crippen LogP contribution in [0.15, 0.2) is 41.0 Å². The fraction of sp³-hybridized carbons (Fsp3) is 0.375. The molecule has 2 aromatic heterocycles. The minimum Gasteiger partial charge on any atom is -0.464 e. The predicted molar refractivity (Wildman–Crippen MR) is 116 cm³/mol. The number of benzene rings is 1. The molecule has 4 rings (SSSR count). The average Bonchev–Trinajstić information content (AvgIpc) is 3.14. The average molecular weight is 405 g/mol. The van der Waals surface area contributed by atoms with Crippen LogP contribution in [0.5, 0.6) is 0 Å².